The predicted molar refractivity (Wildman–Crippen MR) is 236 cm³/mol. The minimum absolute atomic E-state index is 0.0330. The number of esters is 1. The van der Waals surface area contributed by atoms with Gasteiger partial charge in [0.2, 0.25) is 5.91 Å². The fourth-order valence-corrected chi connectivity index (χ4v) is 7.99. The molecule has 2 N–H and O–H groups in total. The molecule has 8 nitrogen and oxygen atoms in total. The first-order valence-corrected chi connectivity index (χ1v) is 20.4. The summed E-state index contributed by atoms with van der Waals surface area (Å²) in [6.45, 7) is 2.40. The summed E-state index contributed by atoms with van der Waals surface area (Å²) < 4.78 is 17.6. The quantitative estimate of drug-likeness (QED) is 0.0790. The molecule has 1 atom stereocenters. The lowest BCUT2D eigenvalue weighted by Gasteiger charge is -2.37. The largest absolute Gasteiger partial charge is 0.489 e. The number of hydrogen-bond donors (Lipinski definition) is 2. The Morgan fingerprint density at radius 1 is 0.557 bits per heavy atom. The molecule has 0 saturated carbocycles. The number of fused-ring (bicyclic) bond motifs is 3. The van der Waals surface area contributed by atoms with E-state index in [2.05, 4.69) is 22.8 Å². The van der Waals surface area contributed by atoms with Gasteiger partial charge in [0.05, 0.1) is 6.42 Å². The second kappa shape index (κ2) is 18.6. The first-order valence-electron chi connectivity index (χ1n) is 20.4. The Morgan fingerprint density at radius 2 is 1.03 bits per heavy atom. The Balaban J connectivity index is 1.01. The second-order valence-electron chi connectivity index (χ2n) is 15.1. The number of ether oxygens (including phenoxy) is 3. The van der Waals surface area contributed by atoms with Gasteiger partial charge in [-0.25, -0.2) is 9.59 Å². The highest BCUT2D eigenvalue weighted by Gasteiger charge is 2.39. The van der Waals surface area contributed by atoms with Gasteiger partial charge in [0.1, 0.15) is 37.2 Å². The lowest BCUT2D eigenvalue weighted by Crippen LogP contribution is -2.51. The van der Waals surface area contributed by atoms with Crippen LogP contribution in [-0.2, 0) is 37.8 Å². The summed E-state index contributed by atoms with van der Waals surface area (Å²) in [7, 11) is 0. The number of alkyl carbamates (subject to hydrolysis) is 1. The molecule has 1 aliphatic rings. The van der Waals surface area contributed by atoms with Crippen LogP contribution < -0.4 is 15.4 Å². The van der Waals surface area contributed by atoms with Crippen LogP contribution in [0.1, 0.15) is 56.8 Å². The fraction of sp³-hybridized carbons (Fsp3) is 0.151. The maximum absolute atomic E-state index is 14.5. The number of aryl methyl sites for hydroxylation is 1. The van der Waals surface area contributed by atoms with Crippen LogP contribution in [0, 0.1) is 6.92 Å². The lowest BCUT2D eigenvalue weighted by molar-refractivity contribution is -0.149. The van der Waals surface area contributed by atoms with Gasteiger partial charge < -0.3 is 24.8 Å². The summed E-state index contributed by atoms with van der Waals surface area (Å²) in [6.07, 6.45) is -1.27. The molecule has 61 heavy (non-hydrogen) atoms. The summed E-state index contributed by atoms with van der Waals surface area (Å²) in [5.74, 6) is -0.805. The molecule has 8 rings (SSSR count). The second-order valence-corrected chi connectivity index (χ2v) is 15.1. The third kappa shape index (κ3) is 9.24. The normalized spacial score (nSPS) is 12.3. The first-order chi connectivity index (χ1) is 29.9. The van der Waals surface area contributed by atoms with Gasteiger partial charge in [0.15, 0.2) is 0 Å². The smallest absolute Gasteiger partial charge is 0.407 e. The summed E-state index contributed by atoms with van der Waals surface area (Å²) in [6, 6.07) is 59.1. The summed E-state index contributed by atoms with van der Waals surface area (Å²) in [5, 5.41) is 5.98. The summed E-state index contributed by atoms with van der Waals surface area (Å²) in [5.41, 5.74) is 8.54. The van der Waals surface area contributed by atoms with Crippen molar-refractivity contribution in [3.63, 3.8) is 0 Å². The molecule has 7 aromatic rings. The minimum atomic E-state index is -1.38. The number of carbonyl (C=O) groups is 3. The van der Waals surface area contributed by atoms with Gasteiger partial charge in [-0.2, -0.15) is 0 Å². The van der Waals surface area contributed by atoms with Crippen LogP contribution in [0.4, 0.5) is 4.79 Å². The molecular formula is C53H46N2O6. The lowest BCUT2D eigenvalue weighted by atomic mass is 9.77. The van der Waals surface area contributed by atoms with Gasteiger partial charge in [-0.05, 0) is 69.1 Å². The Kier molecular flexibility index (Phi) is 12.3. The summed E-state index contributed by atoms with van der Waals surface area (Å²) in [4.78, 5) is 42.2. The topological polar surface area (TPSA) is 103 Å². The Labute approximate surface area is 356 Å². The van der Waals surface area contributed by atoms with E-state index in [4.69, 9.17) is 14.2 Å². The van der Waals surface area contributed by atoms with Crippen LogP contribution in [0.3, 0.4) is 0 Å². The molecule has 8 heteroatoms. The zero-order chi connectivity index (χ0) is 42.0. The van der Waals surface area contributed by atoms with Crippen LogP contribution in [-0.4, -0.2) is 30.6 Å². The van der Waals surface area contributed by atoms with Gasteiger partial charge in [0.25, 0.3) is 0 Å². The fourth-order valence-electron chi connectivity index (χ4n) is 7.99. The number of benzene rings is 7. The third-order valence-electron chi connectivity index (χ3n) is 11.1. The zero-order valence-corrected chi connectivity index (χ0v) is 33.8. The van der Waals surface area contributed by atoms with Gasteiger partial charge in [-0.1, -0.05) is 181 Å². The number of carbonyl (C=O) groups excluding carboxylic acids is 3. The van der Waals surface area contributed by atoms with E-state index >= 15 is 0 Å². The van der Waals surface area contributed by atoms with Crippen LogP contribution in [0.2, 0.25) is 0 Å². The van der Waals surface area contributed by atoms with Crippen molar-refractivity contribution in [1.82, 2.24) is 10.6 Å². The van der Waals surface area contributed by atoms with Gasteiger partial charge in [-0.3, -0.25) is 4.79 Å². The van der Waals surface area contributed by atoms with Crippen LogP contribution in [0.5, 0.6) is 5.75 Å². The molecular weight excluding hydrogens is 761 g/mol. The molecule has 2 amide bonds. The van der Waals surface area contributed by atoms with Crippen LogP contribution in [0.15, 0.2) is 188 Å². The SMILES string of the molecule is Cc1ccc(COc2ccc(COC(=O)[C@@H](CC(=O)NC(c3ccccc3)(c3ccccc3)c3ccccc3)NC(=O)OCC3c4ccccc4-c4ccccc43)cc2)cc1. The molecule has 0 saturated heterocycles. The number of nitrogens with one attached hydrogen (secondary N) is 2. The van der Waals surface area contributed by atoms with Crippen molar-refractivity contribution < 1.29 is 28.6 Å². The van der Waals surface area contributed by atoms with Crippen molar-refractivity contribution >= 4 is 18.0 Å². The van der Waals surface area contributed by atoms with E-state index in [1.54, 1.807) is 0 Å². The molecule has 0 radical (unpaired) electrons. The minimum Gasteiger partial charge on any atom is -0.489 e. The maximum atomic E-state index is 14.5. The number of amides is 2. The van der Waals surface area contributed by atoms with Gasteiger partial charge in [-0.15, -0.1) is 0 Å². The molecule has 0 spiro atoms. The third-order valence-corrected chi connectivity index (χ3v) is 11.1. The van der Waals surface area contributed by atoms with Crippen LogP contribution in [0.25, 0.3) is 11.1 Å². The molecule has 0 heterocycles. The van der Waals surface area contributed by atoms with E-state index in [0.717, 1.165) is 44.5 Å². The summed E-state index contributed by atoms with van der Waals surface area (Å²) >= 11 is 0. The van der Waals surface area contributed by atoms with Crippen molar-refractivity contribution in [2.75, 3.05) is 6.61 Å². The monoisotopic (exact) mass is 806 g/mol. The molecule has 0 fully saturated rings. The van der Waals surface area contributed by atoms with E-state index in [1.807, 2.05) is 183 Å². The molecule has 304 valence electrons. The number of rotatable bonds is 15. The average Bonchev–Trinajstić information content (AvgIpc) is 3.63. The van der Waals surface area contributed by atoms with Crippen molar-refractivity contribution in [1.29, 1.82) is 0 Å². The first kappa shape index (κ1) is 40.3. The predicted octanol–water partition coefficient (Wildman–Crippen LogP) is 10.0. The maximum Gasteiger partial charge on any atom is 0.407 e. The van der Waals surface area contributed by atoms with Crippen LogP contribution >= 0.6 is 0 Å². The van der Waals surface area contributed by atoms with Gasteiger partial charge in [0, 0.05) is 5.92 Å². The molecule has 0 aromatic heterocycles. The van der Waals surface area contributed by atoms with E-state index in [1.165, 1.54) is 5.56 Å². The van der Waals surface area contributed by atoms with Gasteiger partial charge >= 0.3 is 12.1 Å². The average molecular weight is 807 g/mol. The highest BCUT2D eigenvalue weighted by atomic mass is 16.6. The van der Waals surface area contributed by atoms with E-state index in [9.17, 15) is 14.4 Å². The van der Waals surface area contributed by atoms with E-state index in [0.29, 0.717) is 17.9 Å². The van der Waals surface area contributed by atoms with Crippen molar-refractivity contribution in [2.45, 2.75) is 44.1 Å². The van der Waals surface area contributed by atoms with E-state index in [-0.39, 0.29) is 19.1 Å². The Hall–Kier alpha value is -7.45. The van der Waals surface area contributed by atoms with Crippen molar-refractivity contribution in [3.8, 4) is 16.9 Å². The molecule has 1 aliphatic carbocycles. The van der Waals surface area contributed by atoms with Crippen molar-refractivity contribution in [2.24, 2.45) is 0 Å². The number of hydrogen-bond acceptors (Lipinski definition) is 6. The highest BCUT2D eigenvalue weighted by Crippen LogP contribution is 2.44. The molecule has 0 aliphatic heterocycles. The zero-order valence-electron chi connectivity index (χ0n) is 33.8. The van der Waals surface area contributed by atoms with E-state index < -0.39 is 36.0 Å². The Bertz CT molecular complexity index is 2440. The molecule has 0 unspecified atom stereocenters. The standard InChI is InChI=1S/C53H46N2O6/c1-37-25-27-38(28-26-37)34-59-43-31-29-39(30-32-43)35-60-51(57)49(54-52(58)61-36-48-46-23-13-11-21-44(46)45-22-12-14-24-47(45)48)33-50(56)55-53(40-15-5-2-6-16-40,41-17-7-3-8-18-41)42-19-9-4-10-20-42/h2-32,48-49H,33-36H2,1H3,(H,54,58)(H,55,56)/t49-/m1/s1. The molecule has 7 aromatic carbocycles. The van der Waals surface area contributed by atoms with Crippen molar-refractivity contribution in [3.05, 3.63) is 233 Å². The highest BCUT2D eigenvalue weighted by molar-refractivity contribution is 5.89. The Morgan fingerprint density at radius 3 is 1.57 bits per heavy atom. The molecule has 0 bridgehead atoms.